The molecule has 1 aromatic rings. The summed E-state index contributed by atoms with van der Waals surface area (Å²) in [5, 5.41) is 0. The first-order valence-corrected chi connectivity index (χ1v) is 7.77. The Balaban J connectivity index is 2.01. The van der Waals surface area contributed by atoms with Crippen molar-refractivity contribution < 1.29 is 4.74 Å². The first-order chi connectivity index (χ1) is 10.1. The molecule has 1 unspecified atom stereocenters. The van der Waals surface area contributed by atoms with Crippen molar-refractivity contribution in [2.45, 2.75) is 39.7 Å². The molecular weight excluding hydrogens is 268 g/mol. The van der Waals surface area contributed by atoms with Gasteiger partial charge in [0.05, 0.1) is 6.61 Å². The third-order valence-corrected chi connectivity index (χ3v) is 3.87. The van der Waals surface area contributed by atoms with Crippen molar-refractivity contribution in [1.82, 2.24) is 19.9 Å². The lowest BCUT2D eigenvalue weighted by atomic mass is 10.2. The van der Waals surface area contributed by atoms with Gasteiger partial charge >= 0.3 is 6.01 Å². The van der Waals surface area contributed by atoms with Crippen LogP contribution >= 0.6 is 0 Å². The minimum Gasteiger partial charge on any atom is -0.463 e. The Labute approximate surface area is 126 Å². The average molecular weight is 294 g/mol. The van der Waals surface area contributed by atoms with Crippen LogP contribution in [-0.4, -0.2) is 58.7 Å². The molecule has 2 N–H and O–H groups in total. The van der Waals surface area contributed by atoms with Crippen molar-refractivity contribution in [3.8, 4) is 6.01 Å². The molecule has 1 saturated heterocycles. The van der Waals surface area contributed by atoms with E-state index < -0.39 is 0 Å². The van der Waals surface area contributed by atoms with E-state index in [0.29, 0.717) is 24.6 Å². The second-order valence-electron chi connectivity index (χ2n) is 5.40. The van der Waals surface area contributed by atoms with Gasteiger partial charge in [-0.05, 0) is 19.8 Å². The molecule has 2 heterocycles. The maximum absolute atomic E-state index is 5.76. The van der Waals surface area contributed by atoms with Crippen LogP contribution in [0, 0.1) is 0 Å². The quantitative estimate of drug-likeness (QED) is 0.843. The minimum absolute atomic E-state index is 0.218. The molecule has 1 fully saturated rings. The van der Waals surface area contributed by atoms with E-state index in [4.69, 9.17) is 10.5 Å². The highest BCUT2D eigenvalue weighted by Crippen LogP contribution is 2.17. The number of anilines is 2. The first-order valence-electron chi connectivity index (χ1n) is 7.77. The van der Waals surface area contributed by atoms with E-state index in [1.54, 1.807) is 0 Å². The van der Waals surface area contributed by atoms with Crippen molar-refractivity contribution in [2.75, 3.05) is 43.4 Å². The van der Waals surface area contributed by atoms with Gasteiger partial charge in [-0.25, -0.2) is 0 Å². The molecule has 21 heavy (non-hydrogen) atoms. The van der Waals surface area contributed by atoms with Crippen molar-refractivity contribution >= 4 is 11.9 Å². The maximum atomic E-state index is 5.76. The zero-order valence-corrected chi connectivity index (χ0v) is 13.2. The van der Waals surface area contributed by atoms with E-state index >= 15 is 0 Å². The summed E-state index contributed by atoms with van der Waals surface area (Å²) in [6.45, 7) is 11.0. The van der Waals surface area contributed by atoms with Gasteiger partial charge in [0.15, 0.2) is 0 Å². The Morgan fingerprint density at radius 1 is 1.14 bits per heavy atom. The van der Waals surface area contributed by atoms with Gasteiger partial charge in [0, 0.05) is 32.2 Å². The molecule has 1 atom stereocenters. The molecule has 0 radical (unpaired) electrons. The number of ether oxygens (including phenoxy) is 1. The molecule has 7 nitrogen and oxygen atoms in total. The fourth-order valence-electron chi connectivity index (χ4n) is 2.38. The predicted octanol–water partition coefficient (Wildman–Crippen LogP) is 1.16. The Hall–Kier alpha value is -1.63. The molecule has 0 saturated carbocycles. The standard InChI is InChI=1S/C14H26N6O/c1-4-10-21-14-17-12(15)16-13(18-14)20-8-6-19(7-9-20)11(3)5-2/h11H,4-10H2,1-3H3,(H2,15,16,17,18). The highest BCUT2D eigenvalue weighted by atomic mass is 16.5. The maximum Gasteiger partial charge on any atom is 0.323 e. The molecule has 7 heteroatoms. The molecule has 1 aliphatic heterocycles. The molecule has 0 aromatic carbocycles. The summed E-state index contributed by atoms with van der Waals surface area (Å²) in [5.41, 5.74) is 5.76. The van der Waals surface area contributed by atoms with Crippen LogP contribution in [0.5, 0.6) is 6.01 Å². The number of rotatable bonds is 6. The first kappa shape index (κ1) is 15.8. The van der Waals surface area contributed by atoms with Crippen LogP contribution in [0.3, 0.4) is 0 Å². The van der Waals surface area contributed by atoms with Crippen LogP contribution < -0.4 is 15.4 Å². The third-order valence-electron chi connectivity index (χ3n) is 3.87. The van der Waals surface area contributed by atoms with Crippen molar-refractivity contribution in [2.24, 2.45) is 0 Å². The van der Waals surface area contributed by atoms with Gasteiger partial charge < -0.3 is 15.4 Å². The summed E-state index contributed by atoms with van der Waals surface area (Å²) in [4.78, 5) is 17.3. The Morgan fingerprint density at radius 3 is 2.48 bits per heavy atom. The van der Waals surface area contributed by atoms with Crippen LogP contribution in [0.4, 0.5) is 11.9 Å². The normalized spacial score (nSPS) is 17.8. The number of nitrogens with two attached hydrogens (primary N) is 1. The molecular formula is C14H26N6O. The Kier molecular flexibility index (Phi) is 5.55. The van der Waals surface area contributed by atoms with Crippen LogP contribution in [0.15, 0.2) is 0 Å². The molecule has 0 spiro atoms. The lowest BCUT2D eigenvalue weighted by Gasteiger charge is -2.37. The van der Waals surface area contributed by atoms with Gasteiger partial charge in [-0.15, -0.1) is 0 Å². The smallest absolute Gasteiger partial charge is 0.323 e. The van der Waals surface area contributed by atoms with E-state index in [-0.39, 0.29) is 5.95 Å². The van der Waals surface area contributed by atoms with Crippen LogP contribution in [0.25, 0.3) is 0 Å². The number of piperazine rings is 1. The largest absolute Gasteiger partial charge is 0.463 e. The van der Waals surface area contributed by atoms with E-state index in [1.165, 1.54) is 6.42 Å². The second-order valence-corrected chi connectivity index (χ2v) is 5.40. The van der Waals surface area contributed by atoms with Gasteiger partial charge in [-0.1, -0.05) is 13.8 Å². The van der Waals surface area contributed by atoms with Crippen LogP contribution in [0.2, 0.25) is 0 Å². The average Bonchev–Trinajstić information content (AvgIpc) is 2.51. The summed E-state index contributed by atoms with van der Waals surface area (Å²) in [6.07, 6.45) is 2.09. The number of aromatic nitrogens is 3. The Morgan fingerprint density at radius 2 is 1.86 bits per heavy atom. The van der Waals surface area contributed by atoms with Gasteiger partial charge in [0.1, 0.15) is 0 Å². The summed E-state index contributed by atoms with van der Waals surface area (Å²) in [7, 11) is 0. The number of nitrogen functional groups attached to an aromatic ring is 1. The number of nitrogens with zero attached hydrogens (tertiary/aromatic N) is 5. The topological polar surface area (TPSA) is 80.4 Å². The second kappa shape index (κ2) is 7.40. The van der Waals surface area contributed by atoms with Gasteiger partial charge in [0.25, 0.3) is 0 Å². The molecule has 0 bridgehead atoms. The molecule has 0 amide bonds. The van der Waals surface area contributed by atoms with Crippen molar-refractivity contribution in [1.29, 1.82) is 0 Å². The van der Waals surface area contributed by atoms with Crippen molar-refractivity contribution in [3.05, 3.63) is 0 Å². The zero-order chi connectivity index (χ0) is 15.2. The van der Waals surface area contributed by atoms with E-state index in [2.05, 4.69) is 38.6 Å². The SMILES string of the molecule is CCCOc1nc(N)nc(N2CCN(C(C)CC)CC2)n1. The van der Waals surface area contributed by atoms with Gasteiger partial charge in [-0.2, -0.15) is 15.0 Å². The number of hydrogen-bond acceptors (Lipinski definition) is 7. The fraction of sp³-hybridized carbons (Fsp3) is 0.786. The minimum atomic E-state index is 0.218. The predicted molar refractivity (Wildman–Crippen MR) is 83.6 cm³/mol. The number of hydrogen-bond donors (Lipinski definition) is 1. The van der Waals surface area contributed by atoms with Crippen molar-refractivity contribution in [3.63, 3.8) is 0 Å². The monoisotopic (exact) mass is 294 g/mol. The lowest BCUT2D eigenvalue weighted by molar-refractivity contribution is 0.192. The third kappa shape index (κ3) is 4.17. The van der Waals surface area contributed by atoms with Gasteiger partial charge in [0.2, 0.25) is 11.9 Å². The summed E-state index contributed by atoms with van der Waals surface area (Å²) in [5.74, 6) is 0.841. The Bertz CT molecular complexity index is 447. The molecule has 2 rings (SSSR count). The zero-order valence-electron chi connectivity index (χ0n) is 13.2. The van der Waals surface area contributed by atoms with E-state index in [0.717, 1.165) is 32.6 Å². The summed E-state index contributed by atoms with van der Waals surface area (Å²) >= 11 is 0. The highest BCUT2D eigenvalue weighted by Gasteiger charge is 2.22. The van der Waals surface area contributed by atoms with Gasteiger partial charge in [-0.3, -0.25) is 4.90 Å². The summed E-state index contributed by atoms with van der Waals surface area (Å²) < 4.78 is 5.46. The van der Waals surface area contributed by atoms with Crippen LogP contribution in [0.1, 0.15) is 33.6 Å². The lowest BCUT2D eigenvalue weighted by Crippen LogP contribution is -2.50. The van der Waals surface area contributed by atoms with E-state index in [9.17, 15) is 0 Å². The molecule has 1 aromatic heterocycles. The highest BCUT2D eigenvalue weighted by molar-refractivity contribution is 5.36. The summed E-state index contributed by atoms with van der Waals surface area (Å²) in [6, 6.07) is 0.947. The van der Waals surface area contributed by atoms with Crippen LogP contribution in [-0.2, 0) is 0 Å². The molecule has 1 aliphatic rings. The molecule has 0 aliphatic carbocycles. The van der Waals surface area contributed by atoms with E-state index in [1.807, 2.05) is 6.92 Å². The molecule has 118 valence electrons. The fourth-order valence-corrected chi connectivity index (χ4v) is 2.38.